The van der Waals surface area contributed by atoms with E-state index in [0.717, 1.165) is 29.2 Å². The van der Waals surface area contributed by atoms with Crippen molar-refractivity contribution in [2.24, 2.45) is 10.9 Å². The molecule has 1 aliphatic carbocycles. The van der Waals surface area contributed by atoms with Crippen LogP contribution in [0.5, 0.6) is 5.75 Å². The van der Waals surface area contributed by atoms with Gasteiger partial charge >= 0.3 is 0 Å². The van der Waals surface area contributed by atoms with Crippen LogP contribution in [0.4, 0.5) is 10.2 Å². The van der Waals surface area contributed by atoms with Crippen LogP contribution in [0.25, 0.3) is 17.1 Å². The molecular weight excluding hydrogens is 409 g/mol. The highest BCUT2D eigenvalue weighted by Gasteiger charge is 2.27. The van der Waals surface area contributed by atoms with Crippen LogP contribution >= 0.6 is 0 Å². The van der Waals surface area contributed by atoms with Gasteiger partial charge in [0.05, 0.1) is 11.4 Å². The van der Waals surface area contributed by atoms with Crippen LogP contribution in [-0.2, 0) is 13.0 Å². The third kappa shape index (κ3) is 3.70. The second-order valence-electron chi connectivity index (χ2n) is 8.30. The topological polar surface area (TPSA) is 104 Å². The van der Waals surface area contributed by atoms with Crippen molar-refractivity contribution in [3.8, 4) is 17.0 Å². The smallest absolute Gasteiger partial charge is 0.160 e. The minimum Gasteiger partial charge on any atom is -0.504 e. The van der Waals surface area contributed by atoms with Crippen LogP contribution in [0.1, 0.15) is 29.8 Å². The summed E-state index contributed by atoms with van der Waals surface area (Å²) in [7, 11) is 0. The second-order valence-corrected chi connectivity index (χ2v) is 8.30. The lowest BCUT2D eigenvalue weighted by Crippen LogP contribution is -2.15. The molecule has 0 unspecified atom stereocenters. The van der Waals surface area contributed by atoms with Gasteiger partial charge in [-0.15, -0.1) is 0 Å². The monoisotopic (exact) mass is 433 g/mol. The first-order valence-electron chi connectivity index (χ1n) is 10.6. The van der Waals surface area contributed by atoms with E-state index in [0.29, 0.717) is 29.5 Å². The van der Waals surface area contributed by atoms with Gasteiger partial charge in [-0.1, -0.05) is 0 Å². The summed E-state index contributed by atoms with van der Waals surface area (Å²) < 4.78 is 16.9. The highest BCUT2D eigenvalue weighted by molar-refractivity contribution is 6.05. The molecule has 0 atom stereocenters. The maximum Gasteiger partial charge on any atom is 0.160 e. The minimum atomic E-state index is -0.297. The van der Waals surface area contributed by atoms with Gasteiger partial charge in [0, 0.05) is 36.4 Å². The van der Waals surface area contributed by atoms with Crippen LogP contribution in [0.2, 0.25) is 0 Å². The molecule has 5 rings (SSSR count). The summed E-state index contributed by atoms with van der Waals surface area (Å²) in [6, 6.07) is 6.29. The van der Waals surface area contributed by atoms with Gasteiger partial charge in [0.15, 0.2) is 11.6 Å². The highest BCUT2D eigenvalue weighted by atomic mass is 19.1. The maximum absolute atomic E-state index is 13.5. The number of hydrogen-bond acceptors (Lipinski definition) is 5. The van der Waals surface area contributed by atoms with Crippen molar-refractivity contribution >= 4 is 23.7 Å². The van der Waals surface area contributed by atoms with Crippen LogP contribution in [0, 0.1) is 31.0 Å². The van der Waals surface area contributed by atoms with E-state index in [1.54, 1.807) is 38.3 Å². The molecule has 9 heteroatoms. The molecule has 3 heterocycles. The van der Waals surface area contributed by atoms with Gasteiger partial charge < -0.3 is 10.4 Å². The van der Waals surface area contributed by atoms with Crippen molar-refractivity contribution in [1.82, 2.24) is 19.6 Å². The molecular formula is C23H24FN7O. The Bertz CT molecular complexity index is 1260. The highest BCUT2D eigenvalue weighted by Crippen LogP contribution is 2.35. The number of aromatic nitrogens is 4. The van der Waals surface area contributed by atoms with E-state index in [1.165, 1.54) is 29.7 Å². The van der Waals surface area contributed by atoms with Crippen molar-refractivity contribution in [3.05, 3.63) is 53.1 Å². The van der Waals surface area contributed by atoms with Crippen molar-refractivity contribution in [3.63, 3.8) is 0 Å². The number of halogens is 1. The number of aliphatic imine (C=N–C) groups is 1. The number of rotatable bonds is 4. The standard InChI is InChI=1S/C23H24FN7O/c1-13-22(32)14(2)31(28-13)20-11-19(25)27-23-18(9-10-26-20)21(16-5-7-17(24)8-6-16)29-30(23)12-15-3-4-15/h5-8,10-11,15,32H,3-4,9,12H2,1-2H3,(H2,25,27)/b20-11+,26-10-. The minimum absolute atomic E-state index is 0.113. The molecule has 1 aromatic carbocycles. The molecule has 0 spiro atoms. The molecule has 2 aliphatic rings. The summed E-state index contributed by atoms with van der Waals surface area (Å²) >= 11 is 0. The molecule has 2 aromatic heterocycles. The maximum atomic E-state index is 13.5. The van der Waals surface area contributed by atoms with Crippen molar-refractivity contribution in [2.45, 2.75) is 39.7 Å². The number of hydrogen-bond donors (Lipinski definition) is 3. The van der Waals surface area contributed by atoms with Crippen molar-refractivity contribution < 1.29 is 9.50 Å². The number of aromatic hydroxyl groups is 1. The van der Waals surface area contributed by atoms with Crippen LogP contribution < -0.4 is 5.32 Å². The zero-order chi connectivity index (χ0) is 22.4. The molecule has 164 valence electrons. The first-order chi connectivity index (χ1) is 15.4. The lowest BCUT2D eigenvalue weighted by atomic mass is 10.1. The first-order valence-corrected chi connectivity index (χ1v) is 10.6. The third-order valence-electron chi connectivity index (χ3n) is 5.81. The fraction of sp³-hybridized carbons (Fsp3) is 0.304. The fourth-order valence-corrected chi connectivity index (χ4v) is 3.88. The summed E-state index contributed by atoms with van der Waals surface area (Å²) in [5, 5.41) is 31.1. The number of anilines is 1. The summed E-state index contributed by atoms with van der Waals surface area (Å²) in [5.74, 6) is 1.72. The number of nitrogens with zero attached hydrogens (tertiary/aromatic N) is 5. The molecule has 0 saturated heterocycles. The summed E-state index contributed by atoms with van der Waals surface area (Å²) in [6.07, 6.45) is 6.15. The molecule has 1 fully saturated rings. The van der Waals surface area contributed by atoms with Gasteiger partial charge in [-0.3, -0.25) is 5.41 Å². The van der Waals surface area contributed by atoms with Crippen LogP contribution in [0.3, 0.4) is 0 Å². The van der Waals surface area contributed by atoms with Crippen LogP contribution in [0.15, 0.2) is 35.3 Å². The van der Waals surface area contributed by atoms with Crippen molar-refractivity contribution in [1.29, 1.82) is 5.41 Å². The molecule has 3 aromatic rings. The zero-order valence-corrected chi connectivity index (χ0v) is 17.9. The Morgan fingerprint density at radius 3 is 2.59 bits per heavy atom. The third-order valence-corrected chi connectivity index (χ3v) is 5.81. The molecule has 0 bridgehead atoms. The van der Waals surface area contributed by atoms with E-state index in [1.807, 2.05) is 4.68 Å². The Kier molecular flexibility index (Phi) is 4.88. The molecule has 0 radical (unpaired) electrons. The summed E-state index contributed by atoms with van der Waals surface area (Å²) in [6.45, 7) is 4.24. The Morgan fingerprint density at radius 2 is 1.94 bits per heavy atom. The molecule has 1 aliphatic heterocycles. The van der Waals surface area contributed by atoms with Gasteiger partial charge in [-0.2, -0.15) is 10.2 Å². The van der Waals surface area contributed by atoms with E-state index in [-0.39, 0.29) is 17.4 Å². The predicted octanol–water partition coefficient (Wildman–Crippen LogP) is 4.13. The predicted molar refractivity (Wildman–Crippen MR) is 122 cm³/mol. The van der Waals surface area contributed by atoms with E-state index < -0.39 is 0 Å². The average molecular weight is 433 g/mol. The quantitative estimate of drug-likeness (QED) is 0.575. The van der Waals surface area contributed by atoms with Gasteiger partial charge in [0.25, 0.3) is 0 Å². The molecule has 0 amide bonds. The number of amidine groups is 1. The second kappa shape index (κ2) is 7.74. The van der Waals surface area contributed by atoms with Crippen molar-refractivity contribution in [2.75, 3.05) is 5.32 Å². The summed E-state index contributed by atoms with van der Waals surface area (Å²) in [5.41, 5.74) is 3.52. The first kappa shape index (κ1) is 20.2. The van der Waals surface area contributed by atoms with Gasteiger partial charge in [-0.05, 0) is 56.9 Å². The Morgan fingerprint density at radius 1 is 1.19 bits per heavy atom. The fourth-order valence-electron chi connectivity index (χ4n) is 3.88. The Hall–Kier alpha value is -3.75. The Labute approximate surface area is 184 Å². The SMILES string of the molecule is Cc1nn(C2=C/C(=N)Nc3c(c(-c4ccc(F)cc4)nn3CC3CC3)C/C=N\2)c(C)c1O. The van der Waals surface area contributed by atoms with Gasteiger partial charge in [0.2, 0.25) is 0 Å². The summed E-state index contributed by atoms with van der Waals surface area (Å²) in [4.78, 5) is 4.56. The van der Waals surface area contributed by atoms with E-state index in [9.17, 15) is 9.50 Å². The number of benzene rings is 1. The van der Waals surface area contributed by atoms with Gasteiger partial charge in [-0.25, -0.2) is 18.7 Å². The van der Waals surface area contributed by atoms with E-state index >= 15 is 0 Å². The number of nitrogens with one attached hydrogen (secondary N) is 2. The molecule has 32 heavy (non-hydrogen) atoms. The normalized spacial score (nSPS) is 18.7. The average Bonchev–Trinajstić information content (AvgIpc) is 3.46. The molecule has 8 nitrogen and oxygen atoms in total. The zero-order valence-electron chi connectivity index (χ0n) is 17.9. The van der Waals surface area contributed by atoms with E-state index in [4.69, 9.17) is 10.5 Å². The van der Waals surface area contributed by atoms with E-state index in [2.05, 4.69) is 15.4 Å². The Balaban J connectivity index is 1.58. The lowest BCUT2D eigenvalue weighted by Gasteiger charge is -2.10. The largest absolute Gasteiger partial charge is 0.504 e. The number of aryl methyl sites for hydroxylation is 1. The number of fused-ring (bicyclic) bond motifs is 1. The molecule has 3 N–H and O–H groups in total. The van der Waals surface area contributed by atoms with Crippen LogP contribution in [-0.4, -0.2) is 36.7 Å². The van der Waals surface area contributed by atoms with Gasteiger partial charge in [0.1, 0.15) is 23.2 Å². The molecule has 1 saturated carbocycles. The lowest BCUT2D eigenvalue weighted by molar-refractivity contribution is 0.466.